The molecule has 0 bridgehead atoms. The Hall–Kier alpha value is -2.28. The van der Waals surface area contributed by atoms with E-state index in [-0.39, 0.29) is 16.4 Å². The van der Waals surface area contributed by atoms with Gasteiger partial charge in [-0.3, -0.25) is 0 Å². The standard InChI is InChI=1S/C14H11F3N2OS/c15-14(16,17)20-12-4-2-1-3-11(12)19-10-7-5-9(6-8-10)13(18)21/h1-8,19H,(H2,18,21). The van der Waals surface area contributed by atoms with Crippen LogP contribution in [0.15, 0.2) is 48.5 Å². The summed E-state index contributed by atoms with van der Waals surface area (Å²) in [6, 6.07) is 12.5. The van der Waals surface area contributed by atoms with Crippen molar-refractivity contribution in [2.75, 3.05) is 5.32 Å². The fraction of sp³-hybridized carbons (Fsp3) is 0.0714. The lowest BCUT2D eigenvalue weighted by molar-refractivity contribution is -0.274. The number of nitrogens with one attached hydrogen (secondary N) is 1. The first-order chi connectivity index (χ1) is 9.85. The molecule has 110 valence electrons. The summed E-state index contributed by atoms with van der Waals surface area (Å²) in [6.07, 6.45) is -4.74. The van der Waals surface area contributed by atoms with Crippen molar-refractivity contribution >= 4 is 28.6 Å². The molecule has 0 aliphatic carbocycles. The molecule has 0 atom stereocenters. The van der Waals surface area contributed by atoms with Crippen molar-refractivity contribution < 1.29 is 17.9 Å². The predicted molar refractivity (Wildman–Crippen MR) is 78.7 cm³/mol. The van der Waals surface area contributed by atoms with Gasteiger partial charge in [0.25, 0.3) is 0 Å². The third kappa shape index (κ3) is 4.35. The molecule has 0 aliphatic rings. The van der Waals surface area contributed by atoms with E-state index in [1.54, 1.807) is 30.3 Å². The molecule has 0 aromatic heterocycles. The van der Waals surface area contributed by atoms with Crippen molar-refractivity contribution in [3.63, 3.8) is 0 Å². The number of halogens is 3. The summed E-state index contributed by atoms with van der Waals surface area (Å²) in [5, 5.41) is 2.85. The van der Waals surface area contributed by atoms with E-state index >= 15 is 0 Å². The van der Waals surface area contributed by atoms with Crippen molar-refractivity contribution in [2.45, 2.75) is 6.36 Å². The molecule has 3 N–H and O–H groups in total. The van der Waals surface area contributed by atoms with Crippen LogP contribution in [0.1, 0.15) is 5.56 Å². The highest BCUT2D eigenvalue weighted by atomic mass is 32.1. The average molecular weight is 312 g/mol. The third-order valence-electron chi connectivity index (χ3n) is 2.56. The number of ether oxygens (including phenoxy) is 1. The topological polar surface area (TPSA) is 47.3 Å². The summed E-state index contributed by atoms with van der Waals surface area (Å²) in [7, 11) is 0. The molecule has 0 spiro atoms. The van der Waals surface area contributed by atoms with Gasteiger partial charge in [0.1, 0.15) is 4.99 Å². The minimum absolute atomic E-state index is 0.206. The van der Waals surface area contributed by atoms with Gasteiger partial charge in [0.05, 0.1) is 5.69 Å². The van der Waals surface area contributed by atoms with E-state index in [1.807, 2.05) is 0 Å². The van der Waals surface area contributed by atoms with Crippen LogP contribution in [0.2, 0.25) is 0 Å². The fourth-order valence-corrected chi connectivity index (χ4v) is 1.79. The zero-order valence-corrected chi connectivity index (χ0v) is 11.5. The van der Waals surface area contributed by atoms with Gasteiger partial charge >= 0.3 is 6.36 Å². The number of anilines is 2. The minimum Gasteiger partial charge on any atom is -0.404 e. The second-order valence-corrected chi connectivity index (χ2v) is 4.55. The van der Waals surface area contributed by atoms with E-state index in [0.29, 0.717) is 11.3 Å². The van der Waals surface area contributed by atoms with Crippen molar-refractivity contribution in [2.24, 2.45) is 5.73 Å². The van der Waals surface area contributed by atoms with Crippen molar-refractivity contribution in [1.82, 2.24) is 0 Å². The van der Waals surface area contributed by atoms with Gasteiger partial charge in [-0.05, 0) is 36.4 Å². The number of benzene rings is 2. The lowest BCUT2D eigenvalue weighted by Crippen LogP contribution is -2.17. The maximum Gasteiger partial charge on any atom is 0.573 e. The zero-order valence-electron chi connectivity index (χ0n) is 10.6. The smallest absolute Gasteiger partial charge is 0.404 e. The minimum atomic E-state index is -4.74. The molecule has 2 aromatic rings. The summed E-state index contributed by atoms with van der Waals surface area (Å²) >= 11 is 4.83. The molecule has 0 aliphatic heterocycles. The molecular weight excluding hydrogens is 301 g/mol. The van der Waals surface area contributed by atoms with Crippen LogP contribution in [0.25, 0.3) is 0 Å². The average Bonchev–Trinajstić information content (AvgIpc) is 2.40. The number of hydrogen-bond acceptors (Lipinski definition) is 3. The monoisotopic (exact) mass is 312 g/mol. The van der Waals surface area contributed by atoms with E-state index < -0.39 is 6.36 Å². The van der Waals surface area contributed by atoms with Gasteiger partial charge in [0.15, 0.2) is 5.75 Å². The molecular formula is C14H11F3N2OS. The van der Waals surface area contributed by atoms with Crippen LogP contribution in [-0.2, 0) is 0 Å². The molecule has 0 saturated carbocycles. The first-order valence-electron chi connectivity index (χ1n) is 5.87. The quantitative estimate of drug-likeness (QED) is 0.839. The van der Waals surface area contributed by atoms with Crippen LogP contribution < -0.4 is 15.8 Å². The van der Waals surface area contributed by atoms with Crippen LogP contribution in [0, 0.1) is 0 Å². The molecule has 2 aromatic carbocycles. The number of para-hydroxylation sites is 2. The Bertz CT molecular complexity index is 641. The van der Waals surface area contributed by atoms with E-state index in [9.17, 15) is 13.2 Å². The van der Waals surface area contributed by atoms with Gasteiger partial charge in [0.2, 0.25) is 0 Å². The Balaban J connectivity index is 2.21. The molecule has 0 heterocycles. The maximum absolute atomic E-state index is 12.3. The number of alkyl halides is 3. The second kappa shape index (κ2) is 6.01. The largest absolute Gasteiger partial charge is 0.573 e. The van der Waals surface area contributed by atoms with E-state index in [2.05, 4.69) is 10.1 Å². The van der Waals surface area contributed by atoms with Crippen LogP contribution >= 0.6 is 12.2 Å². The second-order valence-electron chi connectivity index (χ2n) is 4.11. The molecule has 0 amide bonds. The molecule has 0 fully saturated rings. The molecule has 3 nitrogen and oxygen atoms in total. The van der Waals surface area contributed by atoms with Crippen molar-refractivity contribution in [3.05, 3.63) is 54.1 Å². The van der Waals surface area contributed by atoms with Crippen molar-refractivity contribution in [1.29, 1.82) is 0 Å². The Morgan fingerprint density at radius 3 is 2.24 bits per heavy atom. The Labute approximate surface area is 124 Å². The summed E-state index contributed by atoms with van der Waals surface area (Å²) in [6.45, 7) is 0. The van der Waals surface area contributed by atoms with Gasteiger partial charge < -0.3 is 15.8 Å². The fourth-order valence-electron chi connectivity index (χ4n) is 1.66. The third-order valence-corrected chi connectivity index (χ3v) is 2.80. The summed E-state index contributed by atoms with van der Waals surface area (Å²) in [4.78, 5) is 0.252. The Morgan fingerprint density at radius 1 is 1.05 bits per heavy atom. The van der Waals surface area contributed by atoms with Crippen LogP contribution in [0.3, 0.4) is 0 Å². The van der Waals surface area contributed by atoms with E-state index in [1.165, 1.54) is 18.2 Å². The highest BCUT2D eigenvalue weighted by Crippen LogP contribution is 2.31. The molecule has 0 radical (unpaired) electrons. The maximum atomic E-state index is 12.3. The first-order valence-corrected chi connectivity index (χ1v) is 6.27. The zero-order chi connectivity index (χ0) is 15.5. The number of hydrogen-bond donors (Lipinski definition) is 2. The molecule has 7 heteroatoms. The molecule has 21 heavy (non-hydrogen) atoms. The Kier molecular flexibility index (Phi) is 4.32. The van der Waals surface area contributed by atoms with E-state index in [0.717, 1.165) is 0 Å². The summed E-state index contributed by atoms with van der Waals surface area (Å²) < 4.78 is 40.9. The molecule has 0 unspecified atom stereocenters. The SMILES string of the molecule is NC(=S)c1ccc(Nc2ccccc2OC(F)(F)F)cc1. The highest BCUT2D eigenvalue weighted by Gasteiger charge is 2.32. The van der Waals surface area contributed by atoms with Gasteiger partial charge in [0, 0.05) is 11.3 Å². The van der Waals surface area contributed by atoms with Crippen LogP contribution in [-0.4, -0.2) is 11.4 Å². The summed E-state index contributed by atoms with van der Waals surface area (Å²) in [5.41, 5.74) is 6.95. The number of rotatable bonds is 4. The van der Waals surface area contributed by atoms with Gasteiger partial charge in [-0.25, -0.2) is 0 Å². The first kappa shape index (κ1) is 15.1. The summed E-state index contributed by atoms with van der Waals surface area (Å²) in [5.74, 6) is -0.302. The molecule has 2 rings (SSSR count). The van der Waals surface area contributed by atoms with Gasteiger partial charge in [-0.15, -0.1) is 13.2 Å². The Morgan fingerprint density at radius 2 is 1.67 bits per heavy atom. The van der Waals surface area contributed by atoms with Crippen molar-refractivity contribution in [3.8, 4) is 5.75 Å². The van der Waals surface area contributed by atoms with Crippen LogP contribution in [0.4, 0.5) is 24.5 Å². The lowest BCUT2D eigenvalue weighted by atomic mass is 10.2. The van der Waals surface area contributed by atoms with Gasteiger partial charge in [-0.2, -0.15) is 0 Å². The number of nitrogens with two attached hydrogens (primary N) is 1. The molecule has 0 saturated heterocycles. The predicted octanol–water partition coefficient (Wildman–Crippen LogP) is 3.96. The van der Waals surface area contributed by atoms with E-state index in [4.69, 9.17) is 18.0 Å². The number of thiocarbonyl (C=S) groups is 1. The van der Waals surface area contributed by atoms with Gasteiger partial charge in [-0.1, -0.05) is 24.4 Å². The van der Waals surface area contributed by atoms with Crippen LogP contribution in [0.5, 0.6) is 5.75 Å². The highest BCUT2D eigenvalue weighted by molar-refractivity contribution is 7.80. The normalized spacial score (nSPS) is 11.0. The lowest BCUT2D eigenvalue weighted by Gasteiger charge is -2.14.